The van der Waals surface area contributed by atoms with Crippen LogP contribution in [0, 0.1) is 0 Å². The quantitative estimate of drug-likeness (QED) is 0.793. The Balaban J connectivity index is 1.42. The Morgan fingerprint density at radius 3 is 3.16 bits per heavy atom. The molecule has 1 aliphatic heterocycles. The lowest BCUT2D eigenvalue weighted by Crippen LogP contribution is -2.45. The molecule has 134 valence electrons. The SMILES string of the molecule is O=C(CCCn1ccnc1)N1CCO[C@H](CCc2cc(=O)[nH]cn2)C1. The molecule has 1 N–H and O–H groups in total. The van der Waals surface area contributed by atoms with Crippen molar-refractivity contribution in [2.45, 2.75) is 38.3 Å². The highest BCUT2D eigenvalue weighted by Crippen LogP contribution is 2.13. The van der Waals surface area contributed by atoms with E-state index in [4.69, 9.17) is 4.74 Å². The number of H-pyrrole nitrogens is 1. The average molecular weight is 345 g/mol. The summed E-state index contributed by atoms with van der Waals surface area (Å²) >= 11 is 0. The van der Waals surface area contributed by atoms with E-state index in [9.17, 15) is 9.59 Å². The number of hydrogen-bond donors (Lipinski definition) is 1. The molecule has 2 aromatic rings. The molecule has 8 heteroatoms. The van der Waals surface area contributed by atoms with Crippen molar-refractivity contribution in [3.63, 3.8) is 0 Å². The Bertz CT molecular complexity index is 728. The summed E-state index contributed by atoms with van der Waals surface area (Å²) in [7, 11) is 0. The van der Waals surface area contributed by atoms with Crippen LogP contribution in [0.15, 0.2) is 35.9 Å². The van der Waals surface area contributed by atoms with Crippen molar-refractivity contribution < 1.29 is 9.53 Å². The van der Waals surface area contributed by atoms with Gasteiger partial charge in [-0.05, 0) is 19.3 Å². The van der Waals surface area contributed by atoms with Crippen molar-refractivity contribution in [2.75, 3.05) is 19.7 Å². The maximum atomic E-state index is 12.4. The van der Waals surface area contributed by atoms with Gasteiger partial charge in [-0.2, -0.15) is 0 Å². The van der Waals surface area contributed by atoms with Gasteiger partial charge in [0.15, 0.2) is 0 Å². The number of carbonyl (C=O) groups excluding carboxylic acids is 1. The number of ether oxygens (including phenoxy) is 1. The second-order valence-corrected chi connectivity index (χ2v) is 6.18. The van der Waals surface area contributed by atoms with Crippen LogP contribution in [0.3, 0.4) is 0 Å². The topological polar surface area (TPSA) is 93.1 Å². The van der Waals surface area contributed by atoms with Crippen molar-refractivity contribution in [3.8, 4) is 0 Å². The van der Waals surface area contributed by atoms with Gasteiger partial charge in [-0.3, -0.25) is 9.59 Å². The van der Waals surface area contributed by atoms with E-state index >= 15 is 0 Å². The number of aryl methyl sites for hydroxylation is 2. The van der Waals surface area contributed by atoms with Crippen molar-refractivity contribution in [1.82, 2.24) is 24.4 Å². The number of carbonyl (C=O) groups is 1. The Morgan fingerprint density at radius 1 is 1.44 bits per heavy atom. The summed E-state index contributed by atoms with van der Waals surface area (Å²) in [6, 6.07) is 1.50. The monoisotopic (exact) mass is 345 g/mol. The van der Waals surface area contributed by atoms with Crippen LogP contribution in [0.25, 0.3) is 0 Å². The summed E-state index contributed by atoms with van der Waals surface area (Å²) in [5.74, 6) is 0.169. The molecule has 2 aromatic heterocycles. The Kier molecular flexibility index (Phi) is 5.95. The minimum absolute atomic E-state index is 0.00700. The Hall–Kier alpha value is -2.48. The van der Waals surface area contributed by atoms with E-state index in [1.807, 2.05) is 15.7 Å². The van der Waals surface area contributed by atoms with Crippen LogP contribution < -0.4 is 5.56 Å². The van der Waals surface area contributed by atoms with Gasteiger partial charge in [0.2, 0.25) is 5.91 Å². The molecule has 1 saturated heterocycles. The first-order chi connectivity index (χ1) is 12.2. The van der Waals surface area contributed by atoms with Crippen LogP contribution in [0.4, 0.5) is 0 Å². The van der Waals surface area contributed by atoms with E-state index in [0.29, 0.717) is 32.5 Å². The zero-order valence-electron chi connectivity index (χ0n) is 14.1. The lowest BCUT2D eigenvalue weighted by molar-refractivity contribution is -0.139. The van der Waals surface area contributed by atoms with Gasteiger partial charge in [-0.15, -0.1) is 0 Å². The Labute approximate surface area is 145 Å². The van der Waals surface area contributed by atoms with Gasteiger partial charge in [0, 0.05) is 50.2 Å². The summed E-state index contributed by atoms with van der Waals surface area (Å²) in [6.07, 6.45) is 9.54. The van der Waals surface area contributed by atoms with Gasteiger partial charge < -0.3 is 19.2 Å². The predicted octanol–water partition coefficient (Wildman–Crippen LogP) is 0.607. The van der Waals surface area contributed by atoms with Crippen molar-refractivity contribution in [3.05, 3.63) is 47.2 Å². The number of imidazole rings is 1. The molecule has 1 atom stereocenters. The van der Waals surface area contributed by atoms with Crippen LogP contribution >= 0.6 is 0 Å². The van der Waals surface area contributed by atoms with E-state index in [2.05, 4.69) is 15.0 Å². The molecular weight excluding hydrogens is 322 g/mol. The van der Waals surface area contributed by atoms with Crippen LogP contribution in [0.2, 0.25) is 0 Å². The number of amides is 1. The number of aromatic nitrogens is 4. The second kappa shape index (κ2) is 8.57. The van der Waals surface area contributed by atoms with Gasteiger partial charge in [0.05, 0.1) is 25.4 Å². The Morgan fingerprint density at radius 2 is 2.36 bits per heavy atom. The van der Waals surface area contributed by atoms with Crippen LogP contribution in [0.5, 0.6) is 0 Å². The fourth-order valence-electron chi connectivity index (χ4n) is 2.97. The van der Waals surface area contributed by atoms with E-state index in [0.717, 1.165) is 25.1 Å². The lowest BCUT2D eigenvalue weighted by atomic mass is 10.1. The third-order valence-corrected chi connectivity index (χ3v) is 4.31. The smallest absolute Gasteiger partial charge is 0.250 e. The van der Waals surface area contributed by atoms with Gasteiger partial charge in [0.1, 0.15) is 0 Å². The van der Waals surface area contributed by atoms with Crippen LogP contribution in [0.1, 0.15) is 25.0 Å². The molecule has 1 fully saturated rings. The summed E-state index contributed by atoms with van der Waals surface area (Å²) in [5, 5.41) is 0. The third-order valence-electron chi connectivity index (χ3n) is 4.31. The zero-order chi connectivity index (χ0) is 17.5. The molecule has 3 rings (SSSR count). The first kappa shape index (κ1) is 17.3. The van der Waals surface area contributed by atoms with Gasteiger partial charge in [0.25, 0.3) is 5.56 Å². The molecular formula is C17H23N5O3. The summed E-state index contributed by atoms with van der Waals surface area (Å²) in [6.45, 7) is 2.60. The molecule has 3 heterocycles. The summed E-state index contributed by atoms with van der Waals surface area (Å²) < 4.78 is 7.73. The first-order valence-corrected chi connectivity index (χ1v) is 8.59. The minimum atomic E-state index is -0.149. The summed E-state index contributed by atoms with van der Waals surface area (Å²) in [4.78, 5) is 36.2. The fourth-order valence-corrected chi connectivity index (χ4v) is 2.97. The predicted molar refractivity (Wildman–Crippen MR) is 91.0 cm³/mol. The maximum Gasteiger partial charge on any atom is 0.250 e. The maximum absolute atomic E-state index is 12.4. The molecule has 1 amide bonds. The molecule has 0 aliphatic carbocycles. The van der Waals surface area contributed by atoms with Crippen molar-refractivity contribution >= 4 is 5.91 Å². The molecule has 0 spiro atoms. The van der Waals surface area contributed by atoms with E-state index in [1.54, 1.807) is 12.5 Å². The average Bonchev–Trinajstić information content (AvgIpc) is 3.14. The van der Waals surface area contributed by atoms with Gasteiger partial charge >= 0.3 is 0 Å². The van der Waals surface area contributed by atoms with E-state index in [-0.39, 0.29) is 17.6 Å². The highest BCUT2D eigenvalue weighted by Gasteiger charge is 2.23. The number of nitrogens with zero attached hydrogens (tertiary/aromatic N) is 4. The second-order valence-electron chi connectivity index (χ2n) is 6.18. The zero-order valence-corrected chi connectivity index (χ0v) is 14.1. The molecule has 0 radical (unpaired) electrons. The van der Waals surface area contributed by atoms with E-state index < -0.39 is 0 Å². The number of aromatic amines is 1. The number of morpholine rings is 1. The lowest BCUT2D eigenvalue weighted by Gasteiger charge is -2.33. The third kappa shape index (κ3) is 5.25. The normalized spacial score (nSPS) is 17.6. The molecule has 1 aliphatic rings. The summed E-state index contributed by atoms with van der Waals surface area (Å²) in [5.41, 5.74) is 0.598. The standard InChI is InChI=1S/C17H23N5O3/c23-16-10-14(19-12-20-16)3-4-15-11-22(8-9-25-15)17(24)2-1-6-21-7-5-18-13-21/h5,7,10,12-13,15H,1-4,6,8-9,11H2,(H,19,20,23)/t15-/m1/s1. The van der Waals surface area contributed by atoms with Crippen LogP contribution in [-0.4, -0.2) is 56.1 Å². The molecule has 0 saturated carbocycles. The van der Waals surface area contributed by atoms with Gasteiger partial charge in [-0.1, -0.05) is 0 Å². The molecule has 25 heavy (non-hydrogen) atoms. The van der Waals surface area contributed by atoms with Crippen molar-refractivity contribution in [2.24, 2.45) is 0 Å². The van der Waals surface area contributed by atoms with Gasteiger partial charge in [-0.25, -0.2) is 9.97 Å². The highest BCUT2D eigenvalue weighted by molar-refractivity contribution is 5.76. The first-order valence-electron chi connectivity index (χ1n) is 8.59. The van der Waals surface area contributed by atoms with Crippen LogP contribution in [-0.2, 0) is 22.5 Å². The molecule has 0 aromatic carbocycles. The largest absolute Gasteiger partial charge is 0.375 e. The highest BCUT2D eigenvalue weighted by atomic mass is 16.5. The van der Waals surface area contributed by atoms with E-state index in [1.165, 1.54) is 12.4 Å². The van der Waals surface area contributed by atoms with Crippen molar-refractivity contribution in [1.29, 1.82) is 0 Å². The fraction of sp³-hybridized carbons (Fsp3) is 0.529. The minimum Gasteiger partial charge on any atom is -0.375 e. The number of hydrogen-bond acceptors (Lipinski definition) is 5. The molecule has 0 bridgehead atoms. The molecule has 0 unspecified atom stereocenters. The number of rotatable bonds is 7. The number of nitrogens with one attached hydrogen (secondary N) is 1. The molecule has 8 nitrogen and oxygen atoms in total.